The Bertz CT molecular complexity index is 1120. The lowest BCUT2D eigenvalue weighted by atomic mass is 10.1. The van der Waals surface area contributed by atoms with Crippen LogP contribution in [0.1, 0.15) is 18.1 Å². The normalized spacial score (nSPS) is 11.0. The Morgan fingerprint density at radius 2 is 1.65 bits per heavy atom. The Kier molecular flexibility index (Phi) is 7.35. The lowest BCUT2D eigenvalue weighted by Crippen LogP contribution is -2.33. The van der Waals surface area contributed by atoms with Gasteiger partial charge in [-0.15, -0.1) is 0 Å². The van der Waals surface area contributed by atoms with Crippen molar-refractivity contribution in [2.75, 3.05) is 5.32 Å². The molecule has 0 bridgehead atoms. The smallest absolute Gasteiger partial charge is 0.329 e. The van der Waals surface area contributed by atoms with Crippen LogP contribution in [0.2, 0.25) is 5.02 Å². The Balaban J connectivity index is 1.55. The second-order valence-electron chi connectivity index (χ2n) is 6.48. The van der Waals surface area contributed by atoms with Gasteiger partial charge in [0.25, 0.3) is 0 Å². The molecule has 8 heteroatoms. The first-order valence-electron chi connectivity index (χ1n) is 9.31. The van der Waals surface area contributed by atoms with E-state index < -0.39 is 17.6 Å². The number of anilines is 1. The van der Waals surface area contributed by atoms with Gasteiger partial charge in [0.2, 0.25) is 0 Å². The summed E-state index contributed by atoms with van der Waals surface area (Å²) in [7, 11) is 0. The van der Waals surface area contributed by atoms with Crippen LogP contribution >= 0.6 is 11.6 Å². The molecule has 0 heterocycles. The molecule has 0 saturated heterocycles. The molecule has 0 aliphatic carbocycles. The first-order chi connectivity index (χ1) is 14.9. The van der Waals surface area contributed by atoms with Gasteiger partial charge in [-0.3, -0.25) is 9.59 Å². The van der Waals surface area contributed by atoms with Crippen LogP contribution in [0.5, 0.6) is 5.75 Å². The van der Waals surface area contributed by atoms with E-state index >= 15 is 0 Å². The van der Waals surface area contributed by atoms with Gasteiger partial charge in [-0.1, -0.05) is 41.9 Å². The molecule has 0 aliphatic rings. The molecule has 0 unspecified atom stereocenters. The number of carbonyl (C=O) groups is 2. The average molecular weight is 440 g/mol. The van der Waals surface area contributed by atoms with E-state index in [4.69, 9.17) is 16.3 Å². The van der Waals surface area contributed by atoms with Crippen molar-refractivity contribution in [2.24, 2.45) is 5.10 Å². The fraction of sp³-hybridized carbons (Fsp3) is 0.0870. The van der Waals surface area contributed by atoms with Crippen molar-refractivity contribution >= 4 is 34.8 Å². The zero-order valence-corrected chi connectivity index (χ0v) is 17.3. The van der Waals surface area contributed by atoms with Crippen LogP contribution in [-0.2, 0) is 16.2 Å². The van der Waals surface area contributed by atoms with E-state index in [-0.39, 0.29) is 5.69 Å². The summed E-state index contributed by atoms with van der Waals surface area (Å²) in [5.74, 6) is -2.03. The van der Waals surface area contributed by atoms with Gasteiger partial charge in [-0.25, -0.2) is 9.82 Å². The van der Waals surface area contributed by atoms with Crippen molar-refractivity contribution in [3.8, 4) is 5.75 Å². The van der Waals surface area contributed by atoms with Gasteiger partial charge >= 0.3 is 11.8 Å². The monoisotopic (exact) mass is 439 g/mol. The van der Waals surface area contributed by atoms with Crippen molar-refractivity contribution < 1.29 is 18.7 Å². The van der Waals surface area contributed by atoms with Crippen molar-refractivity contribution in [1.29, 1.82) is 0 Å². The van der Waals surface area contributed by atoms with Gasteiger partial charge in [-0.05, 0) is 55.0 Å². The van der Waals surface area contributed by atoms with Gasteiger partial charge in [0.15, 0.2) is 0 Å². The number of halogens is 2. The molecule has 0 aliphatic heterocycles. The summed E-state index contributed by atoms with van der Waals surface area (Å²) in [4.78, 5) is 23.8. The molecular formula is C23H19ClFN3O3. The molecule has 31 heavy (non-hydrogen) atoms. The van der Waals surface area contributed by atoms with E-state index in [1.807, 2.05) is 18.2 Å². The molecule has 0 radical (unpaired) electrons. The Labute approximate surface area is 183 Å². The molecule has 3 rings (SSSR count). The van der Waals surface area contributed by atoms with E-state index in [0.717, 1.165) is 11.1 Å². The number of ether oxygens (including phenoxy) is 1. The predicted molar refractivity (Wildman–Crippen MR) is 118 cm³/mol. The van der Waals surface area contributed by atoms with Gasteiger partial charge in [-0.2, -0.15) is 5.10 Å². The minimum absolute atomic E-state index is 0.0873. The van der Waals surface area contributed by atoms with E-state index in [0.29, 0.717) is 23.1 Å². The molecule has 2 amide bonds. The zero-order valence-electron chi connectivity index (χ0n) is 16.6. The van der Waals surface area contributed by atoms with Crippen LogP contribution in [0.15, 0.2) is 77.9 Å². The highest BCUT2D eigenvalue weighted by Gasteiger charge is 2.15. The van der Waals surface area contributed by atoms with Crippen LogP contribution in [0.4, 0.5) is 10.1 Å². The van der Waals surface area contributed by atoms with Crippen molar-refractivity contribution in [3.63, 3.8) is 0 Å². The summed E-state index contributed by atoms with van der Waals surface area (Å²) in [6.45, 7) is 2.01. The molecule has 158 valence electrons. The zero-order chi connectivity index (χ0) is 22.2. The lowest BCUT2D eigenvalue weighted by Gasteiger charge is -2.09. The largest absolute Gasteiger partial charge is 0.489 e. The second kappa shape index (κ2) is 10.4. The molecule has 2 N–H and O–H groups in total. The number of carbonyl (C=O) groups excluding carboxylic acids is 2. The molecule has 0 spiro atoms. The van der Waals surface area contributed by atoms with Gasteiger partial charge in [0, 0.05) is 10.6 Å². The van der Waals surface area contributed by atoms with E-state index in [1.165, 1.54) is 18.2 Å². The van der Waals surface area contributed by atoms with E-state index in [1.54, 1.807) is 43.3 Å². The first-order valence-corrected chi connectivity index (χ1v) is 9.68. The van der Waals surface area contributed by atoms with Crippen LogP contribution in [-0.4, -0.2) is 17.5 Å². The topological polar surface area (TPSA) is 79.8 Å². The quantitative estimate of drug-likeness (QED) is 0.336. The van der Waals surface area contributed by atoms with E-state index in [2.05, 4.69) is 15.8 Å². The maximum Gasteiger partial charge on any atom is 0.329 e. The number of hydrogen-bond donors (Lipinski definition) is 2. The fourth-order valence-electron chi connectivity index (χ4n) is 2.56. The van der Waals surface area contributed by atoms with Crippen LogP contribution in [0.3, 0.4) is 0 Å². The van der Waals surface area contributed by atoms with Crippen molar-refractivity contribution in [1.82, 2.24) is 5.43 Å². The third-order valence-electron chi connectivity index (χ3n) is 4.28. The third kappa shape index (κ3) is 6.13. The number of nitrogens with zero attached hydrogens (tertiary/aromatic N) is 1. The number of amides is 2. The molecule has 0 fully saturated rings. The fourth-order valence-corrected chi connectivity index (χ4v) is 2.75. The highest BCUT2D eigenvalue weighted by atomic mass is 35.5. The predicted octanol–water partition coefficient (Wildman–Crippen LogP) is 4.54. The summed E-state index contributed by atoms with van der Waals surface area (Å²) >= 11 is 6.12. The highest BCUT2D eigenvalue weighted by molar-refractivity contribution is 6.39. The molecular weight excluding hydrogens is 421 g/mol. The third-order valence-corrected chi connectivity index (χ3v) is 4.65. The molecule has 0 saturated carbocycles. The van der Waals surface area contributed by atoms with Gasteiger partial charge in [0.05, 0.1) is 11.4 Å². The maximum atomic E-state index is 13.6. The minimum atomic E-state index is -1.02. The lowest BCUT2D eigenvalue weighted by molar-refractivity contribution is -0.136. The van der Waals surface area contributed by atoms with Gasteiger partial charge < -0.3 is 10.1 Å². The molecule has 6 nitrogen and oxygen atoms in total. The first kappa shape index (κ1) is 22.0. The van der Waals surface area contributed by atoms with Crippen molar-refractivity contribution in [2.45, 2.75) is 13.5 Å². The van der Waals surface area contributed by atoms with Crippen LogP contribution in [0, 0.1) is 5.82 Å². The Hall–Kier alpha value is -3.71. The molecule has 3 aromatic rings. The van der Waals surface area contributed by atoms with E-state index in [9.17, 15) is 14.0 Å². The Morgan fingerprint density at radius 3 is 2.35 bits per heavy atom. The minimum Gasteiger partial charge on any atom is -0.489 e. The number of hydrogen-bond acceptors (Lipinski definition) is 4. The number of benzene rings is 3. The number of hydrazone groups is 1. The summed E-state index contributed by atoms with van der Waals surface area (Å²) < 4.78 is 19.3. The average Bonchev–Trinajstić information content (AvgIpc) is 2.78. The number of para-hydroxylation sites is 1. The summed E-state index contributed by atoms with van der Waals surface area (Å²) in [6, 6.07) is 20.0. The molecule has 0 atom stereocenters. The Morgan fingerprint density at radius 1 is 0.968 bits per heavy atom. The standard InChI is InChI=1S/C23H19ClFN3O3/c1-15(27-28-23(30)22(29)26-21-9-5-4-8-20(21)25)16-10-12-18(13-11-16)31-14-17-6-2-3-7-19(17)24/h2-13H,14H2,1H3,(H,26,29)(H,28,30)/b27-15+. The van der Waals surface area contributed by atoms with Crippen molar-refractivity contribution in [3.05, 3.63) is 94.8 Å². The molecule has 0 aromatic heterocycles. The number of rotatable bonds is 6. The van der Waals surface area contributed by atoms with Gasteiger partial charge in [0.1, 0.15) is 18.2 Å². The second-order valence-corrected chi connectivity index (χ2v) is 6.88. The maximum absolute atomic E-state index is 13.6. The summed E-state index contributed by atoms with van der Waals surface area (Å²) in [6.07, 6.45) is 0. The SMILES string of the molecule is C/C(=N\NC(=O)C(=O)Nc1ccccc1F)c1ccc(OCc2ccccc2Cl)cc1. The summed E-state index contributed by atoms with van der Waals surface area (Å²) in [5, 5.41) is 6.75. The van der Waals surface area contributed by atoms with Crippen LogP contribution in [0.25, 0.3) is 0 Å². The summed E-state index contributed by atoms with van der Waals surface area (Å²) in [5.41, 5.74) is 4.15. The highest BCUT2D eigenvalue weighted by Crippen LogP contribution is 2.19. The number of nitrogens with one attached hydrogen (secondary N) is 2. The molecule has 3 aromatic carbocycles. The van der Waals surface area contributed by atoms with Crippen LogP contribution < -0.4 is 15.5 Å².